The summed E-state index contributed by atoms with van der Waals surface area (Å²) in [6.45, 7) is 4.52. The predicted molar refractivity (Wildman–Crippen MR) is 89.3 cm³/mol. The molecule has 0 spiro atoms. The molecule has 6 nitrogen and oxygen atoms in total. The molecule has 0 unspecified atom stereocenters. The van der Waals surface area contributed by atoms with Crippen LogP contribution in [0, 0.1) is 6.92 Å². The second kappa shape index (κ2) is 5.98. The summed E-state index contributed by atoms with van der Waals surface area (Å²) < 4.78 is 25.4. The Morgan fingerprint density at radius 3 is 2.30 bits per heavy atom. The van der Waals surface area contributed by atoms with Crippen LogP contribution in [0.15, 0.2) is 35.2 Å². The largest absolute Gasteiger partial charge is 0.310 e. The van der Waals surface area contributed by atoms with Crippen molar-refractivity contribution in [1.82, 2.24) is 9.78 Å². The van der Waals surface area contributed by atoms with E-state index in [0.717, 1.165) is 5.69 Å². The Labute approximate surface area is 140 Å². The molecule has 0 bridgehead atoms. The summed E-state index contributed by atoms with van der Waals surface area (Å²) >= 11 is 5.78. The number of aryl methyl sites for hydroxylation is 2. The van der Waals surface area contributed by atoms with Crippen LogP contribution in [-0.4, -0.2) is 28.9 Å². The normalized spacial score (nSPS) is 12.2. The van der Waals surface area contributed by atoms with Crippen LogP contribution >= 0.6 is 11.6 Å². The maximum atomic E-state index is 12.8. The Morgan fingerprint density at radius 1 is 1.26 bits per heavy atom. The van der Waals surface area contributed by atoms with Gasteiger partial charge in [-0.1, -0.05) is 11.6 Å². The average Bonchev–Trinajstić information content (AvgIpc) is 2.77. The van der Waals surface area contributed by atoms with E-state index in [1.54, 1.807) is 20.0 Å². The third kappa shape index (κ3) is 3.25. The van der Waals surface area contributed by atoms with Crippen molar-refractivity contribution in [1.29, 1.82) is 0 Å². The summed E-state index contributed by atoms with van der Waals surface area (Å²) in [4.78, 5) is 12.6. The highest BCUT2D eigenvalue weighted by Gasteiger charge is 2.43. The molecule has 1 amide bonds. The fraction of sp³-hybridized carbons (Fsp3) is 0.333. The van der Waals surface area contributed by atoms with Gasteiger partial charge in [0.2, 0.25) is 5.91 Å². The molecule has 0 saturated carbocycles. The minimum absolute atomic E-state index is 0.0447. The quantitative estimate of drug-likeness (QED) is 0.913. The van der Waals surface area contributed by atoms with Crippen LogP contribution in [0.4, 0.5) is 5.82 Å². The van der Waals surface area contributed by atoms with Crippen LogP contribution in [0.25, 0.3) is 0 Å². The molecule has 0 aliphatic rings. The molecule has 0 aliphatic heterocycles. The first-order valence-electron chi connectivity index (χ1n) is 6.88. The molecule has 124 valence electrons. The monoisotopic (exact) mass is 355 g/mol. The minimum Gasteiger partial charge on any atom is -0.310 e. The zero-order chi connectivity index (χ0) is 17.4. The van der Waals surface area contributed by atoms with Crippen LogP contribution in [0.5, 0.6) is 0 Å². The average molecular weight is 356 g/mol. The molecule has 1 aromatic heterocycles. The number of anilines is 1. The fourth-order valence-electron chi connectivity index (χ4n) is 2.02. The second-order valence-electron chi connectivity index (χ2n) is 5.72. The molecule has 23 heavy (non-hydrogen) atoms. The first-order chi connectivity index (χ1) is 10.6. The first-order valence-corrected chi connectivity index (χ1v) is 8.74. The van der Waals surface area contributed by atoms with Gasteiger partial charge in [-0.25, -0.2) is 8.42 Å². The van der Waals surface area contributed by atoms with E-state index in [-0.39, 0.29) is 4.90 Å². The molecule has 0 fully saturated rings. The second-order valence-corrected chi connectivity index (χ2v) is 8.65. The number of benzene rings is 1. The maximum absolute atomic E-state index is 12.8. The van der Waals surface area contributed by atoms with E-state index < -0.39 is 20.5 Å². The molecule has 0 aliphatic carbocycles. The summed E-state index contributed by atoms with van der Waals surface area (Å²) in [6.07, 6.45) is 0. The number of carbonyl (C=O) groups excluding carboxylic acids is 1. The third-order valence-electron chi connectivity index (χ3n) is 3.59. The van der Waals surface area contributed by atoms with Crippen LogP contribution in [0.1, 0.15) is 19.5 Å². The van der Waals surface area contributed by atoms with Gasteiger partial charge in [-0.3, -0.25) is 9.48 Å². The molecular weight excluding hydrogens is 338 g/mol. The van der Waals surface area contributed by atoms with Crippen molar-refractivity contribution in [3.05, 3.63) is 41.0 Å². The van der Waals surface area contributed by atoms with Crippen molar-refractivity contribution in [2.75, 3.05) is 5.32 Å². The van der Waals surface area contributed by atoms with Gasteiger partial charge < -0.3 is 5.32 Å². The van der Waals surface area contributed by atoms with Crippen LogP contribution in [0.3, 0.4) is 0 Å². The number of hydrogen-bond donors (Lipinski definition) is 1. The lowest BCUT2D eigenvalue weighted by Crippen LogP contribution is -2.44. The summed E-state index contributed by atoms with van der Waals surface area (Å²) in [5, 5.41) is 7.16. The van der Waals surface area contributed by atoms with Gasteiger partial charge in [0.25, 0.3) is 0 Å². The van der Waals surface area contributed by atoms with E-state index in [1.807, 2.05) is 0 Å². The van der Waals surface area contributed by atoms with E-state index >= 15 is 0 Å². The lowest BCUT2D eigenvalue weighted by molar-refractivity contribution is -0.117. The van der Waals surface area contributed by atoms with Crippen molar-refractivity contribution in [3.63, 3.8) is 0 Å². The van der Waals surface area contributed by atoms with Gasteiger partial charge in [0.15, 0.2) is 9.84 Å². The number of nitrogens with one attached hydrogen (secondary N) is 1. The number of hydrogen-bond acceptors (Lipinski definition) is 4. The Hall–Kier alpha value is -1.86. The number of carbonyl (C=O) groups is 1. The molecule has 8 heteroatoms. The van der Waals surface area contributed by atoms with Crippen molar-refractivity contribution in [3.8, 4) is 0 Å². The standard InChI is InChI=1S/C15H18ClN3O3S/c1-10-9-13(19(4)18-10)17-14(20)15(2,3)23(21,22)12-7-5-11(16)6-8-12/h5-9H,1-4H3,(H,17,20). The van der Waals surface area contributed by atoms with Gasteiger partial charge >= 0.3 is 0 Å². The van der Waals surface area contributed by atoms with Gasteiger partial charge in [0, 0.05) is 18.1 Å². The van der Waals surface area contributed by atoms with Gasteiger partial charge in [0.1, 0.15) is 10.6 Å². The van der Waals surface area contributed by atoms with Crippen LogP contribution < -0.4 is 5.32 Å². The predicted octanol–water partition coefficient (Wildman–Crippen LogP) is 2.57. The van der Waals surface area contributed by atoms with Crippen molar-refractivity contribution >= 4 is 33.2 Å². The van der Waals surface area contributed by atoms with E-state index in [4.69, 9.17) is 11.6 Å². The fourth-order valence-corrected chi connectivity index (χ4v) is 3.53. The highest BCUT2D eigenvalue weighted by molar-refractivity contribution is 7.93. The van der Waals surface area contributed by atoms with Gasteiger partial charge in [-0.05, 0) is 45.0 Å². The summed E-state index contributed by atoms with van der Waals surface area (Å²) in [5.74, 6) is -0.192. The number of sulfone groups is 1. The Kier molecular flexibility index (Phi) is 4.54. The highest BCUT2D eigenvalue weighted by Crippen LogP contribution is 2.28. The van der Waals surface area contributed by atoms with E-state index in [0.29, 0.717) is 10.8 Å². The zero-order valence-electron chi connectivity index (χ0n) is 13.3. The van der Waals surface area contributed by atoms with Gasteiger partial charge in [0.05, 0.1) is 10.6 Å². The lowest BCUT2D eigenvalue weighted by atomic mass is 10.2. The number of aromatic nitrogens is 2. The highest BCUT2D eigenvalue weighted by atomic mass is 35.5. The van der Waals surface area contributed by atoms with Gasteiger partial charge in [-0.2, -0.15) is 5.10 Å². The molecule has 0 radical (unpaired) electrons. The third-order valence-corrected chi connectivity index (χ3v) is 6.26. The molecular formula is C15H18ClN3O3S. The van der Waals surface area contributed by atoms with Crippen molar-refractivity contribution in [2.45, 2.75) is 30.4 Å². The van der Waals surface area contributed by atoms with Crippen molar-refractivity contribution in [2.24, 2.45) is 7.05 Å². The SMILES string of the molecule is Cc1cc(NC(=O)C(C)(C)S(=O)(=O)c2ccc(Cl)cc2)n(C)n1. The lowest BCUT2D eigenvalue weighted by Gasteiger charge is -2.23. The molecule has 2 aromatic rings. The molecule has 1 aromatic carbocycles. The molecule has 2 rings (SSSR count). The minimum atomic E-state index is -3.88. The smallest absolute Gasteiger partial charge is 0.246 e. The summed E-state index contributed by atoms with van der Waals surface area (Å²) in [6, 6.07) is 7.41. The topological polar surface area (TPSA) is 81.1 Å². The molecule has 1 N–H and O–H groups in total. The first kappa shape index (κ1) is 17.5. The Morgan fingerprint density at radius 2 is 1.83 bits per heavy atom. The van der Waals surface area contributed by atoms with E-state index in [9.17, 15) is 13.2 Å². The Bertz CT molecular complexity index is 839. The number of amides is 1. The van der Waals surface area contributed by atoms with E-state index in [1.165, 1.54) is 42.8 Å². The van der Waals surface area contributed by atoms with Crippen LogP contribution in [0.2, 0.25) is 5.02 Å². The zero-order valence-corrected chi connectivity index (χ0v) is 14.9. The molecule has 0 saturated heterocycles. The summed E-state index contributed by atoms with van der Waals surface area (Å²) in [5.41, 5.74) is 0.723. The molecule has 1 heterocycles. The maximum Gasteiger partial charge on any atom is 0.246 e. The van der Waals surface area contributed by atoms with Crippen molar-refractivity contribution < 1.29 is 13.2 Å². The summed E-state index contributed by atoms with van der Waals surface area (Å²) in [7, 11) is -2.21. The van der Waals surface area contributed by atoms with E-state index in [2.05, 4.69) is 10.4 Å². The Balaban J connectivity index is 2.34. The number of halogens is 1. The van der Waals surface area contributed by atoms with Gasteiger partial charge in [-0.15, -0.1) is 0 Å². The van der Waals surface area contributed by atoms with Crippen LogP contribution in [-0.2, 0) is 21.7 Å². The molecule has 0 atom stereocenters. The number of nitrogens with zero attached hydrogens (tertiary/aromatic N) is 2. The number of rotatable bonds is 4.